The minimum absolute atomic E-state index is 0.616. The third-order valence-corrected chi connectivity index (χ3v) is 4.56. The van der Waals surface area contributed by atoms with Crippen molar-refractivity contribution in [3.63, 3.8) is 0 Å². The fourth-order valence-electron chi connectivity index (χ4n) is 3.13. The molecule has 1 aromatic carbocycles. The molecule has 1 aliphatic heterocycles. The number of nitrogens with zero attached hydrogens (tertiary/aromatic N) is 5. The van der Waals surface area contributed by atoms with Crippen LogP contribution in [0.15, 0.2) is 35.0 Å². The molecule has 3 heterocycles. The molecule has 6 nitrogen and oxygen atoms in total. The van der Waals surface area contributed by atoms with E-state index >= 15 is 0 Å². The van der Waals surface area contributed by atoms with Gasteiger partial charge >= 0.3 is 0 Å². The van der Waals surface area contributed by atoms with Crippen molar-refractivity contribution in [1.29, 1.82) is 0 Å². The van der Waals surface area contributed by atoms with Gasteiger partial charge in [-0.25, -0.2) is 0 Å². The van der Waals surface area contributed by atoms with Gasteiger partial charge in [0.25, 0.3) is 0 Å². The van der Waals surface area contributed by atoms with Crippen molar-refractivity contribution in [3.05, 3.63) is 47.2 Å². The van der Waals surface area contributed by atoms with Crippen LogP contribution in [0.5, 0.6) is 0 Å². The van der Waals surface area contributed by atoms with Crippen LogP contribution < -0.4 is 4.90 Å². The van der Waals surface area contributed by atoms with Gasteiger partial charge in [-0.1, -0.05) is 16.8 Å². The first-order chi connectivity index (χ1) is 11.7. The Bertz CT molecular complexity index is 857. The molecule has 7 heteroatoms. The summed E-state index contributed by atoms with van der Waals surface area (Å²) in [6.07, 6.45) is 1.85. The highest BCUT2D eigenvalue weighted by Gasteiger charge is 2.20. The number of pyridine rings is 1. The van der Waals surface area contributed by atoms with Gasteiger partial charge in [0.2, 0.25) is 5.89 Å². The topological polar surface area (TPSA) is 58.3 Å². The van der Waals surface area contributed by atoms with Crippen LogP contribution in [0, 0.1) is 6.92 Å². The molecule has 0 bridgehead atoms. The Morgan fingerprint density at radius 3 is 2.75 bits per heavy atom. The van der Waals surface area contributed by atoms with E-state index in [-0.39, 0.29) is 0 Å². The summed E-state index contributed by atoms with van der Waals surface area (Å²) >= 11 is 6.07. The van der Waals surface area contributed by atoms with Crippen molar-refractivity contribution in [3.8, 4) is 0 Å². The quantitative estimate of drug-likeness (QED) is 0.728. The highest BCUT2D eigenvalue weighted by Crippen LogP contribution is 2.28. The molecule has 0 N–H and O–H groups in total. The number of hydrogen-bond acceptors (Lipinski definition) is 6. The standard InChI is InChI=1S/C17H18ClN5O/c1-12-20-17(21-24-12)11-22-6-8-23(9-7-22)16-4-5-19-15-10-13(18)2-3-14(15)16/h2-5,10H,6-9,11H2,1H3. The molecule has 4 rings (SSSR count). The molecular formula is C17H18ClN5O. The van der Waals surface area contributed by atoms with Crippen LogP contribution in [-0.4, -0.2) is 46.2 Å². The second-order valence-electron chi connectivity index (χ2n) is 5.98. The molecule has 0 aliphatic carbocycles. The fourth-order valence-corrected chi connectivity index (χ4v) is 3.30. The third kappa shape index (κ3) is 3.07. The summed E-state index contributed by atoms with van der Waals surface area (Å²) < 4.78 is 5.04. The van der Waals surface area contributed by atoms with Crippen molar-refractivity contribution < 1.29 is 4.52 Å². The van der Waals surface area contributed by atoms with E-state index in [1.54, 1.807) is 0 Å². The summed E-state index contributed by atoms with van der Waals surface area (Å²) in [7, 11) is 0. The Morgan fingerprint density at radius 1 is 1.17 bits per heavy atom. The summed E-state index contributed by atoms with van der Waals surface area (Å²) in [4.78, 5) is 13.4. The number of aromatic nitrogens is 3. The smallest absolute Gasteiger partial charge is 0.223 e. The lowest BCUT2D eigenvalue weighted by atomic mass is 10.1. The molecule has 1 fully saturated rings. The average Bonchev–Trinajstić information content (AvgIpc) is 3.00. The summed E-state index contributed by atoms with van der Waals surface area (Å²) in [5, 5.41) is 5.83. The molecule has 1 aliphatic rings. The fraction of sp³-hybridized carbons (Fsp3) is 0.353. The number of benzene rings is 1. The first kappa shape index (κ1) is 15.4. The van der Waals surface area contributed by atoms with Gasteiger partial charge in [0.1, 0.15) is 0 Å². The van der Waals surface area contributed by atoms with Gasteiger partial charge in [0, 0.05) is 55.4 Å². The monoisotopic (exact) mass is 343 g/mol. The molecule has 2 aromatic heterocycles. The Hall–Kier alpha value is -2.18. The van der Waals surface area contributed by atoms with E-state index in [2.05, 4.69) is 37.1 Å². The van der Waals surface area contributed by atoms with Gasteiger partial charge in [-0.2, -0.15) is 4.98 Å². The second kappa shape index (κ2) is 6.37. The Kier molecular flexibility index (Phi) is 4.08. The first-order valence-corrected chi connectivity index (χ1v) is 8.37. The zero-order valence-electron chi connectivity index (χ0n) is 13.4. The minimum Gasteiger partial charge on any atom is -0.368 e. The Morgan fingerprint density at radius 2 is 2.00 bits per heavy atom. The molecule has 0 spiro atoms. The maximum atomic E-state index is 6.07. The van der Waals surface area contributed by atoms with E-state index in [0.717, 1.165) is 49.5 Å². The number of halogens is 1. The lowest BCUT2D eigenvalue weighted by molar-refractivity contribution is 0.240. The van der Waals surface area contributed by atoms with E-state index in [9.17, 15) is 0 Å². The largest absolute Gasteiger partial charge is 0.368 e. The molecule has 0 unspecified atom stereocenters. The highest BCUT2D eigenvalue weighted by atomic mass is 35.5. The van der Waals surface area contributed by atoms with Gasteiger partial charge in [-0.15, -0.1) is 0 Å². The van der Waals surface area contributed by atoms with Crippen LogP contribution in [0.4, 0.5) is 5.69 Å². The van der Waals surface area contributed by atoms with Gasteiger partial charge in [-0.05, 0) is 24.3 Å². The predicted molar refractivity (Wildman–Crippen MR) is 93.3 cm³/mol. The third-order valence-electron chi connectivity index (χ3n) is 4.33. The number of aryl methyl sites for hydroxylation is 1. The van der Waals surface area contributed by atoms with Crippen LogP contribution in [-0.2, 0) is 6.54 Å². The molecule has 3 aromatic rings. The van der Waals surface area contributed by atoms with Crippen molar-refractivity contribution >= 4 is 28.2 Å². The average molecular weight is 344 g/mol. The van der Waals surface area contributed by atoms with Gasteiger partial charge in [0.15, 0.2) is 5.82 Å². The first-order valence-electron chi connectivity index (χ1n) is 8.00. The molecule has 0 saturated carbocycles. The van der Waals surface area contributed by atoms with Crippen LogP contribution >= 0.6 is 11.6 Å². The normalized spacial score (nSPS) is 16.0. The summed E-state index contributed by atoms with van der Waals surface area (Å²) in [6.45, 7) is 6.39. The van der Waals surface area contributed by atoms with Gasteiger partial charge < -0.3 is 9.42 Å². The molecule has 0 atom stereocenters. The van der Waals surface area contributed by atoms with E-state index in [4.69, 9.17) is 16.1 Å². The van der Waals surface area contributed by atoms with Crippen molar-refractivity contribution in [2.24, 2.45) is 0 Å². The lowest BCUT2D eigenvalue weighted by Crippen LogP contribution is -2.46. The molecule has 0 radical (unpaired) electrons. The molecule has 24 heavy (non-hydrogen) atoms. The molecule has 124 valence electrons. The zero-order valence-corrected chi connectivity index (χ0v) is 14.2. The lowest BCUT2D eigenvalue weighted by Gasteiger charge is -2.36. The van der Waals surface area contributed by atoms with E-state index < -0.39 is 0 Å². The number of piperazine rings is 1. The van der Waals surface area contributed by atoms with E-state index in [0.29, 0.717) is 10.9 Å². The van der Waals surface area contributed by atoms with Gasteiger partial charge in [-0.3, -0.25) is 9.88 Å². The maximum absolute atomic E-state index is 6.07. The van der Waals surface area contributed by atoms with Crippen molar-refractivity contribution in [1.82, 2.24) is 20.0 Å². The van der Waals surface area contributed by atoms with Crippen molar-refractivity contribution in [2.45, 2.75) is 13.5 Å². The number of fused-ring (bicyclic) bond motifs is 1. The summed E-state index contributed by atoms with van der Waals surface area (Å²) in [6, 6.07) is 7.96. The van der Waals surface area contributed by atoms with Crippen LogP contribution in [0.1, 0.15) is 11.7 Å². The number of anilines is 1. The summed E-state index contributed by atoms with van der Waals surface area (Å²) in [5.74, 6) is 1.37. The summed E-state index contributed by atoms with van der Waals surface area (Å²) in [5.41, 5.74) is 2.15. The second-order valence-corrected chi connectivity index (χ2v) is 6.42. The SMILES string of the molecule is Cc1nc(CN2CCN(c3ccnc4cc(Cl)ccc34)CC2)no1. The molecule has 1 saturated heterocycles. The molecule has 0 amide bonds. The zero-order chi connectivity index (χ0) is 16.5. The number of hydrogen-bond donors (Lipinski definition) is 0. The van der Waals surface area contributed by atoms with E-state index in [1.165, 1.54) is 5.69 Å². The molecular weight excluding hydrogens is 326 g/mol. The van der Waals surface area contributed by atoms with E-state index in [1.807, 2.05) is 25.3 Å². The predicted octanol–water partition coefficient (Wildman–Crippen LogP) is 2.90. The van der Waals surface area contributed by atoms with Crippen LogP contribution in [0.3, 0.4) is 0 Å². The van der Waals surface area contributed by atoms with Crippen LogP contribution in [0.25, 0.3) is 10.9 Å². The minimum atomic E-state index is 0.616. The highest BCUT2D eigenvalue weighted by molar-refractivity contribution is 6.31. The maximum Gasteiger partial charge on any atom is 0.223 e. The Balaban J connectivity index is 1.48. The number of rotatable bonds is 3. The van der Waals surface area contributed by atoms with Crippen LogP contribution in [0.2, 0.25) is 5.02 Å². The Labute approximate surface area is 145 Å². The van der Waals surface area contributed by atoms with Crippen molar-refractivity contribution in [2.75, 3.05) is 31.1 Å². The van der Waals surface area contributed by atoms with Gasteiger partial charge in [0.05, 0.1) is 12.1 Å².